The molecule has 0 fully saturated rings. The van der Waals surface area contributed by atoms with E-state index in [9.17, 15) is 8.42 Å². The van der Waals surface area contributed by atoms with Crippen molar-refractivity contribution < 1.29 is 18.1 Å². The van der Waals surface area contributed by atoms with Crippen molar-refractivity contribution in [2.45, 2.75) is 11.5 Å². The molecule has 14 heavy (non-hydrogen) atoms. The van der Waals surface area contributed by atoms with Crippen LogP contribution in [-0.2, 0) is 16.7 Å². The third-order valence-electron chi connectivity index (χ3n) is 1.64. The third kappa shape index (κ3) is 2.13. The molecule has 0 saturated carbocycles. The second-order valence-corrected chi connectivity index (χ2v) is 3.96. The fourth-order valence-electron chi connectivity index (χ4n) is 0.958. The van der Waals surface area contributed by atoms with E-state index >= 15 is 0 Å². The van der Waals surface area contributed by atoms with Gasteiger partial charge in [-0.3, -0.25) is 4.55 Å². The molecule has 1 rings (SSSR count). The smallest absolute Gasteiger partial charge is 0.294 e. The normalized spacial score (nSPS) is 11.3. The van der Waals surface area contributed by atoms with Crippen LogP contribution in [0.4, 0.5) is 5.69 Å². The van der Waals surface area contributed by atoms with E-state index in [4.69, 9.17) is 15.2 Å². The van der Waals surface area contributed by atoms with Crippen LogP contribution in [0.1, 0.15) is 5.56 Å². The molecule has 0 aliphatic rings. The molecule has 0 aromatic heterocycles. The molecule has 0 spiro atoms. The summed E-state index contributed by atoms with van der Waals surface area (Å²) in [6, 6.07) is 3.42. The first-order valence-corrected chi connectivity index (χ1v) is 5.02. The molecule has 0 saturated heterocycles. The number of nitrogens with zero attached hydrogens (tertiary/aromatic N) is 1. The summed E-state index contributed by atoms with van der Waals surface area (Å²) in [5, 5.41) is 11.9. The van der Waals surface area contributed by atoms with E-state index in [1.54, 1.807) is 0 Å². The van der Waals surface area contributed by atoms with Crippen LogP contribution in [0.3, 0.4) is 0 Å². The van der Waals surface area contributed by atoms with Gasteiger partial charge in [-0.05, 0) is 18.2 Å². The minimum atomic E-state index is -4.27. The first-order valence-electron chi connectivity index (χ1n) is 3.58. The number of rotatable bonds is 3. The predicted octanol–water partition coefficient (Wildman–Crippen LogP) is 1.09. The number of aliphatic hydroxyl groups excluding tert-OH is 1. The van der Waals surface area contributed by atoms with Gasteiger partial charge < -0.3 is 5.11 Å². The highest BCUT2D eigenvalue weighted by Gasteiger charge is 2.11. The van der Waals surface area contributed by atoms with Gasteiger partial charge in [0.15, 0.2) is 0 Å². The SMILES string of the molecule is N=Nc1ccc(S(=O)(=O)O)cc1CO. The van der Waals surface area contributed by atoms with Gasteiger partial charge in [0.1, 0.15) is 0 Å². The van der Waals surface area contributed by atoms with E-state index in [-0.39, 0.29) is 16.1 Å². The first-order chi connectivity index (χ1) is 6.49. The summed E-state index contributed by atoms with van der Waals surface area (Å²) in [7, 11) is -4.27. The lowest BCUT2D eigenvalue weighted by Crippen LogP contribution is -1.99. The zero-order valence-corrected chi connectivity index (χ0v) is 7.82. The summed E-state index contributed by atoms with van der Waals surface area (Å²) in [6.07, 6.45) is 0. The molecule has 0 bridgehead atoms. The van der Waals surface area contributed by atoms with Gasteiger partial charge in [-0.25, -0.2) is 5.53 Å². The summed E-state index contributed by atoms with van der Waals surface area (Å²) < 4.78 is 30.1. The monoisotopic (exact) mass is 216 g/mol. The van der Waals surface area contributed by atoms with E-state index < -0.39 is 16.7 Å². The lowest BCUT2D eigenvalue weighted by atomic mass is 10.2. The minimum Gasteiger partial charge on any atom is -0.392 e. The van der Waals surface area contributed by atoms with Crippen LogP contribution in [0.15, 0.2) is 28.2 Å². The highest BCUT2D eigenvalue weighted by molar-refractivity contribution is 7.85. The van der Waals surface area contributed by atoms with Crippen LogP contribution in [0.5, 0.6) is 0 Å². The third-order valence-corrected chi connectivity index (χ3v) is 2.49. The van der Waals surface area contributed by atoms with E-state index in [1.807, 2.05) is 0 Å². The molecule has 0 radical (unpaired) electrons. The van der Waals surface area contributed by atoms with Crippen molar-refractivity contribution >= 4 is 15.8 Å². The van der Waals surface area contributed by atoms with Crippen molar-refractivity contribution in [2.75, 3.05) is 0 Å². The van der Waals surface area contributed by atoms with Gasteiger partial charge in [0.05, 0.1) is 17.2 Å². The maximum Gasteiger partial charge on any atom is 0.294 e. The van der Waals surface area contributed by atoms with Crippen LogP contribution < -0.4 is 0 Å². The second-order valence-electron chi connectivity index (χ2n) is 2.54. The molecule has 6 nitrogen and oxygen atoms in total. The van der Waals surface area contributed by atoms with E-state index in [2.05, 4.69) is 5.11 Å². The van der Waals surface area contributed by atoms with Crippen LogP contribution in [0, 0.1) is 5.53 Å². The predicted molar refractivity (Wildman–Crippen MR) is 47.0 cm³/mol. The Labute approximate surface area is 80.5 Å². The van der Waals surface area contributed by atoms with Crippen molar-refractivity contribution in [1.29, 1.82) is 5.53 Å². The molecule has 0 atom stereocenters. The standard InChI is InChI=1S/C7H8N2O4S/c8-9-7-2-1-6(14(11,12)13)3-5(7)4-10/h1-3,8,10H,4H2,(H,11,12,13). The molecule has 0 aliphatic carbocycles. The van der Waals surface area contributed by atoms with E-state index in [1.165, 1.54) is 6.07 Å². The topological polar surface area (TPSA) is 111 Å². The van der Waals surface area contributed by atoms with Crippen LogP contribution in [-0.4, -0.2) is 18.1 Å². The number of benzene rings is 1. The molecule has 0 amide bonds. The average Bonchev–Trinajstić information content (AvgIpc) is 2.15. The van der Waals surface area contributed by atoms with E-state index in [0.717, 1.165) is 12.1 Å². The van der Waals surface area contributed by atoms with Crippen LogP contribution in [0.25, 0.3) is 0 Å². The van der Waals surface area contributed by atoms with Gasteiger partial charge in [-0.1, -0.05) is 0 Å². The maximum absolute atomic E-state index is 10.7. The number of hydrogen-bond donors (Lipinski definition) is 3. The van der Waals surface area contributed by atoms with Gasteiger partial charge >= 0.3 is 0 Å². The van der Waals surface area contributed by atoms with Gasteiger partial charge in [0.25, 0.3) is 10.1 Å². The van der Waals surface area contributed by atoms with Crippen LogP contribution >= 0.6 is 0 Å². The largest absolute Gasteiger partial charge is 0.392 e. The zero-order chi connectivity index (χ0) is 10.8. The Morgan fingerprint density at radius 2 is 2.07 bits per heavy atom. The molecule has 0 aliphatic heterocycles. The fourth-order valence-corrected chi connectivity index (χ4v) is 1.49. The Hall–Kier alpha value is -1.31. The lowest BCUT2D eigenvalue weighted by molar-refractivity contribution is 0.282. The molecular formula is C7H8N2O4S. The van der Waals surface area contributed by atoms with Gasteiger partial charge in [-0.2, -0.15) is 13.5 Å². The number of nitrogens with one attached hydrogen (secondary N) is 1. The van der Waals surface area contributed by atoms with Gasteiger partial charge in [-0.15, -0.1) is 0 Å². The van der Waals surface area contributed by atoms with Crippen molar-refractivity contribution in [3.63, 3.8) is 0 Å². The molecule has 76 valence electrons. The van der Waals surface area contributed by atoms with Crippen molar-refractivity contribution in [3.8, 4) is 0 Å². The highest BCUT2D eigenvalue weighted by atomic mass is 32.2. The van der Waals surface area contributed by atoms with Crippen molar-refractivity contribution in [3.05, 3.63) is 23.8 Å². The Morgan fingerprint density at radius 1 is 1.43 bits per heavy atom. The lowest BCUT2D eigenvalue weighted by Gasteiger charge is -2.02. The quantitative estimate of drug-likeness (QED) is 0.518. The highest BCUT2D eigenvalue weighted by Crippen LogP contribution is 2.22. The van der Waals surface area contributed by atoms with Crippen LogP contribution in [0.2, 0.25) is 0 Å². The number of hydrogen-bond acceptors (Lipinski definition) is 5. The van der Waals surface area contributed by atoms with Crippen molar-refractivity contribution in [2.24, 2.45) is 5.11 Å². The molecule has 3 N–H and O–H groups in total. The molecule has 7 heteroatoms. The fraction of sp³-hybridized carbons (Fsp3) is 0.143. The molecule has 1 aromatic rings. The van der Waals surface area contributed by atoms with Gasteiger partial charge in [0, 0.05) is 5.56 Å². The number of aliphatic hydroxyl groups is 1. The summed E-state index contributed by atoms with van der Waals surface area (Å²) in [6.45, 7) is -0.443. The second kappa shape index (κ2) is 3.82. The van der Waals surface area contributed by atoms with Crippen molar-refractivity contribution in [1.82, 2.24) is 0 Å². The summed E-state index contributed by atoms with van der Waals surface area (Å²) in [5.41, 5.74) is 7.06. The molecule has 1 aromatic carbocycles. The summed E-state index contributed by atoms with van der Waals surface area (Å²) in [5.74, 6) is 0. The summed E-state index contributed by atoms with van der Waals surface area (Å²) in [4.78, 5) is -0.325. The Bertz CT molecular complexity index is 455. The molecular weight excluding hydrogens is 208 g/mol. The summed E-state index contributed by atoms with van der Waals surface area (Å²) >= 11 is 0. The Morgan fingerprint density at radius 3 is 2.50 bits per heavy atom. The average molecular weight is 216 g/mol. The zero-order valence-electron chi connectivity index (χ0n) is 7.01. The molecule has 0 unspecified atom stereocenters. The Balaban J connectivity index is 3.35. The molecule has 0 heterocycles. The Kier molecular flexibility index (Phi) is 2.94. The maximum atomic E-state index is 10.7. The minimum absolute atomic E-state index is 0.167. The first kappa shape index (κ1) is 10.8. The van der Waals surface area contributed by atoms with E-state index in [0.29, 0.717) is 0 Å². The van der Waals surface area contributed by atoms with Gasteiger partial charge in [0.2, 0.25) is 0 Å².